The van der Waals surface area contributed by atoms with Gasteiger partial charge in [0.05, 0.1) is 0 Å². The molecule has 3 aromatic rings. The SMILES string of the molecule is Oc1c(Cc2cccs2)ccc2ccccc12. The van der Waals surface area contributed by atoms with E-state index in [0.717, 1.165) is 22.8 Å². The molecule has 0 bridgehead atoms. The Balaban J connectivity index is 2.09. The Morgan fingerprint density at radius 2 is 1.82 bits per heavy atom. The summed E-state index contributed by atoms with van der Waals surface area (Å²) in [5.74, 6) is 0.413. The fourth-order valence-electron chi connectivity index (χ4n) is 2.04. The van der Waals surface area contributed by atoms with Crippen molar-refractivity contribution in [3.8, 4) is 5.75 Å². The third-order valence-electron chi connectivity index (χ3n) is 2.93. The van der Waals surface area contributed by atoms with Gasteiger partial charge in [0.1, 0.15) is 5.75 Å². The summed E-state index contributed by atoms with van der Waals surface area (Å²) in [5, 5.41) is 14.3. The van der Waals surface area contributed by atoms with Crippen LogP contribution in [-0.2, 0) is 6.42 Å². The number of phenols is 1. The van der Waals surface area contributed by atoms with E-state index in [1.807, 2.05) is 36.4 Å². The number of phenolic OH excluding ortho intramolecular Hbond substituents is 1. The van der Waals surface area contributed by atoms with Crippen LogP contribution in [0.4, 0.5) is 0 Å². The van der Waals surface area contributed by atoms with Gasteiger partial charge in [-0.25, -0.2) is 0 Å². The molecule has 0 aliphatic heterocycles. The van der Waals surface area contributed by atoms with E-state index in [4.69, 9.17) is 0 Å². The van der Waals surface area contributed by atoms with Crippen LogP contribution in [0.2, 0.25) is 0 Å². The minimum atomic E-state index is 0.413. The van der Waals surface area contributed by atoms with E-state index in [9.17, 15) is 5.11 Å². The highest BCUT2D eigenvalue weighted by Crippen LogP contribution is 2.30. The lowest BCUT2D eigenvalue weighted by atomic mass is 10.0. The quantitative estimate of drug-likeness (QED) is 0.711. The molecule has 0 atom stereocenters. The van der Waals surface area contributed by atoms with Crippen molar-refractivity contribution >= 4 is 22.1 Å². The fraction of sp³-hybridized carbons (Fsp3) is 0.0667. The van der Waals surface area contributed by atoms with Crippen molar-refractivity contribution in [2.75, 3.05) is 0 Å². The fourth-order valence-corrected chi connectivity index (χ4v) is 2.77. The second kappa shape index (κ2) is 4.22. The van der Waals surface area contributed by atoms with Gasteiger partial charge in [0.2, 0.25) is 0 Å². The molecule has 0 aliphatic carbocycles. The van der Waals surface area contributed by atoms with Crippen molar-refractivity contribution in [3.05, 3.63) is 64.4 Å². The summed E-state index contributed by atoms with van der Waals surface area (Å²) in [5.41, 5.74) is 0.992. The molecule has 2 aromatic carbocycles. The predicted octanol–water partition coefficient (Wildman–Crippen LogP) is 4.20. The second-order valence-corrected chi connectivity index (χ2v) is 5.08. The predicted molar refractivity (Wildman–Crippen MR) is 72.7 cm³/mol. The summed E-state index contributed by atoms with van der Waals surface area (Å²) in [6.45, 7) is 0. The Kier molecular flexibility index (Phi) is 2.57. The zero-order valence-corrected chi connectivity index (χ0v) is 10.1. The Labute approximate surface area is 104 Å². The zero-order chi connectivity index (χ0) is 11.7. The van der Waals surface area contributed by atoms with Crippen LogP contribution in [0.3, 0.4) is 0 Å². The molecular formula is C15H12OS. The largest absolute Gasteiger partial charge is 0.507 e. The van der Waals surface area contributed by atoms with Crippen molar-refractivity contribution < 1.29 is 5.11 Å². The molecule has 1 N–H and O–H groups in total. The minimum Gasteiger partial charge on any atom is -0.507 e. The van der Waals surface area contributed by atoms with Crippen molar-refractivity contribution in [2.45, 2.75) is 6.42 Å². The summed E-state index contributed by atoms with van der Waals surface area (Å²) in [7, 11) is 0. The van der Waals surface area contributed by atoms with Crippen molar-refractivity contribution in [3.63, 3.8) is 0 Å². The van der Waals surface area contributed by atoms with Gasteiger partial charge in [-0.3, -0.25) is 0 Å². The van der Waals surface area contributed by atoms with Gasteiger partial charge in [-0.05, 0) is 22.4 Å². The molecule has 0 spiro atoms. The van der Waals surface area contributed by atoms with Crippen molar-refractivity contribution in [2.24, 2.45) is 0 Å². The Bertz CT molecular complexity index is 641. The van der Waals surface area contributed by atoms with Crippen LogP contribution in [0.5, 0.6) is 5.75 Å². The van der Waals surface area contributed by atoms with Crippen molar-refractivity contribution in [1.29, 1.82) is 0 Å². The van der Waals surface area contributed by atoms with E-state index in [1.165, 1.54) is 4.88 Å². The Hall–Kier alpha value is -1.80. The first-order chi connectivity index (χ1) is 8.34. The number of benzene rings is 2. The molecule has 84 valence electrons. The van der Waals surface area contributed by atoms with E-state index in [2.05, 4.69) is 17.5 Å². The van der Waals surface area contributed by atoms with E-state index in [-0.39, 0.29) is 0 Å². The Morgan fingerprint density at radius 3 is 2.65 bits per heavy atom. The standard InChI is InChI=1S/C15H12OS/c16-15-12(10-13-5-3-9-17-13)8-7-11-4-1-2-6-14(11)15/h1-9,16H,10H2. The van der Waals surface area contributed by atoms with E-state index < -0.39 is 0 Å². The molecule has 0 aliphatic rings. The highest BCUT2D eigenvalue weighted by atomic mass is 32.1. The highest BCUT2D eigenvalue weighted by molar-refractivity contribution is 7.09. The lowest BCUT2D eigenvalue weighted by molar-refractivity contribution is 0.476. The first-order valence-electron chi connectivity index (χ1n) is 5.56. The van der Waals surface area contributed by atoms with Gasteiger partial charge in [-0.15, -0.1) is 11.3 Å². The van der Waals surface area contributed by atoms with Crippen LogP contribution in [0, 0.1) is 0 Å². The van der Waals surface area contributed by atoms with Crippen LogP contribution in [-0.4, -0.2) is 5.11 Å². The van der Waals surface area contributed by atoms with E-state index in [1.54, 1.807) is 11.3 Å². The van der Waals surface area contributed by atoms with Crippen LogP contribution >= 0.6 is 11.3 Å². The lowest BCUT2D eigenvalue weighted by Crippen LogP contribution is -1.86. The maximum atomic E-state index is 10.3. The minimum absolute atomic E-state index is 0.413. The van der Waals surface area contributed by atoms with Gasteiger partial charge in [0.25, 0.3) is 0 Å². The zero-order valence-electron chi connectivity index (χ0n) is 9.26. The average molecular weight is 240 g/mol. The molecule has 1 aromatic heterocycles. The summed E-state index contributed by atoms with van der Waals surface area (Å²) in [6, 6.07) is 16.1. The topological polar surface area (TPSA) is 20.2 Å². The van der Waals surface area contributed by atoms with E-state index >= 15 is 0 Å². The number of rotatable bonds is 2. The summed E-state index contributed by atoms with van der Waals surface area (Å²) < 4.78 is 0. The molecule has 17 heavy (non-hydrogen) atoms. The molecule has 0 saturated heterocycles. The first kappa shape index (κ1) is 10.4. The molecule has 0 unspecified atom stereocenters. The number of hydrogen-bond donors (Lipinski definition) is 1. The summed E-state index contributed by atoms with van der Waals surface area (Å²) >= 11 is 1.72. The molecule has 0 saturated carbocycles. The van der Waals surface area contributed by atoms with Gasteiger partial charge < -0.3 is 5.11 Å². The number of hydrogen-bond acceptors (Lipinski definition) is 2. The van der Waals surface area contributed by atoms with Gasteiger partial charge in [-0.2, -0.15) is 0 Å². The molecule has 0 radical (unpaired) electrons. The maximum Gasteiger partial charge on any atom is 0.126 e. The Morgan fingerprint density at radius 1 is 0.941 bits per heavy atom. The van der Waals surface area contributed by atoms with Crippen LogP contribution in [0.25, 0.3) is 10.8 Å². The van der Waals surface area contributed by atoms with Gasteiger partial charge in [0.15, 0.2) is 0 Å². The van der Waals surface area contributed by atoms with E-state index in [0.29, 0.717) is 5.75 Å². The molecule has 1 heterocycles. The van der Waals surface area contributed by atoms with Crippen LogP contribution in [0.1, 0.15) is 10.4 Å². The number of thiophene rings is 1. The molecule has 1 nitrogen and oxygen atoms in total. The third kappa shape index (κ3) is 1.92. The summed E-state index contributed by atoms with van der Waals surface area (Å²) in [6.07, 6.45) is 0.800. The first-order valence-corrected chi connectivity index (χ1v) is 6.44. The molecular weight excluding hydrogens is 228 g/mol. The molecule has 0 amide bonds. The van der Waals surface area contributed by atoms with Crippen LogP contribution in [0.15, 0.2) is 53.9 Å². The molecule has 2 heteroatoms. The highest BCUT2D eigenvalue weighted by Gasteiger charge is 2.06. The normalized spacial score (nSPS) is 10.8. The van der Waals surface area contributed by atoms with Crippen molar-refractivity contribution in [1.82, 2.24) is 0 Å². The van der Waals surface area contributed by atoms with Gasteiger partial charge in [0, 0.05) is 16.7 Å². The second-order valence-electron chi connectivity index (χ2n) is 4.05. The van der Waals surface area contributed by atoms with Crippen LogP contribution < -0.4 is 0 Å². The summed E-state index contributed by atoms with van der Waals surface area (Å²) in [4.78, 5) is 1.27. The monoisotopic (exact) mass is 240 g/mol. The smallest absolute Gasteiger partial charge is 0.126 e. The maximum absolute atomic E-state index is 10.3. The number of aromatic hydroxyl groups is 1. The number of fused-ring (bicyclic) bond motifs is 1. The third-order valence-corrected chi connectivity index (χ3v) is 3.81. The average Bonchev–Trinajstić information content (AvgIpc) is 2.86. The van der Waals surface area contributed by atoms with Gasteiger partial charge >= 0.3 is 0 Å². The lowest BCUT2D eigenvalue weighted by Gasteiger charge is -2.06. The molecule has 3 rings (SSSR count). The van der Waals surface area contributed by atoms with Gasteiger partial charge in [-0.1, -0.05) is 42.5 Å². The molecule has 0 fully saturated rings.